The molecule has 0 spiro atoms. The van der Waals surface area contributed by atoms with Crippen LogP contribution in [0.2, 0.25) is 0 Å². The van der Waals surface area contributed by atoms with Gasteiger partial charge in [0.15, 0.2) is 0 Å². The molecule has 3 aromatic carbocycles. The van der Waals surface area contributed by atoms with Gasteiger partial charge in [-0.1, -0.05) is 36.4 Å². The molecule has 2 aromatic heterocycles. The minimum atomic E-state index is 0.412. The minimum absolute atomic E-state index is 0.412. The second-order valence-corrected chi connectivity index (χ2v) is 7.84. The Morgan fingerprint density at radius 2 is 1.79 bits per heavy atom. The maximum absolute atomic E-state index is 8.83. The summed E-state index contributed by atoms with van der Waals surface area (Å²) in [5.74, 6) is 0.769. The predicted octanol–water partition coefficient (Wildman–Crippen LogP) is 6.32. The Morgan fingerprint density at radius 3 is 2.62 bits per heavy atom. The first-order chi connectivity index (χ1) is 14.3. The quantitative estimate of drug-likeness (QED) is 0.389. The van der Waals surface area contributed by atoms with E-state index >= 15 is 0 Å². The van der Waals surface area contributed by atoms with E-state index in [1.807, 2.05) is 30.3 Å². The zero-order chi connectivity index (χ0) is 19.6. The smallest absolute Gasteiger partial charge is 0.141 e. The van der Waals surface area contributed by atoms with Crippen molar-refractivity contribution < 1.29 is 0 Å². The molecule has 0 aliphatic heterocycles. The Bertz CT molecular complexity index is 1330. The molecule has 2 heterocycles. The molecule has 1 N–H and O–H groups in total. The monoisotopic (exact) mass is 392 g/mol. The van der Waals surface area contributed by atoms with Crippen LogP contribution in [0.25, 0.3) is 31.4 Å². The molecule has 0 unspecified atom stereocenters. The van der Waals surface area contributed by atoms with Crippen molar-refractivity contribution in [1.82, 2.24) is 9.97 Å². The molecule has 138 valence electrons. The van der Waals surface area contributed by atoms with Crippen molar-refractivity contribution in [2.45, 2.75) is 6.42 Å². The van der Waals surface area contributed by atoms with Gasteiger partial charge in [0.2, 0.25) is 0 Å². The maximum atomic E-state index is 8.83. The lowest BCUT2D eigenvalue weighted by molar-refractivity contribution is 1.22. The van der Waals surface area contributed by atoms with Gasteiger partial charge in [0, 0.05) is 20.7 Å². The average Bonchev–Trinajstić information content (AvgIpc) is 3.20. The van der Waals surface area contributed by atoms with Gasteiger partial charge in [0.05, 0.1) is 18.0 Å². The van der Waals surface area contributed by atoms with E-state index in [4.69, 9.17) is 5.26 Å². The van der Waals surface area contributed by atoms with Crippen molar-refractivity contribution in [2.75, 3.05) is 5.32 Å². The molecule has 29 heavy (non-hydrogen) atoms. The molecule has 0 saturated heterocycles. The van der Waals surface area contributed by atoms with Crippen molar-refractivity contribution in [1.29, 1.82) is 5.26 Å². The number of thiophene rings is 1. The maximum Gasteiger partial charge on any atom is 0.141 e. The number of rotatable bonds is 4. The van der Waals surface area contributed by atoms with E-state index < -0.39 is 0 Å². The lowest BCUT2D eigenvalue weighted by Gasteiger charge is -2.10. The summed E-state index contributed by atoms with van der Waals surface area (Å²) in [6.07, 6.45) is 1.99. The Balaban J connectivity index is 1.54. The Kier molecular flexibility index (Phi) is 4.39. The topological polar surface area (TPSA) is 61.6 Å². The number of nitrogens with zero attached hydrogens (tertiary/aromatic N) is 3. The number of nitrogens with one attached hydrogen (secondary N) is 1. The number of benzene rings is 3. The minimum Gasteiger partial charge on any atom is -0.340 e. The van der Waals surface area contributed by atoms with Crippen LogP contribution in [0.5, 0.6) is 0 Å². The summed E-state index contributed by atoms with van der Waals surface area (Å²) < 4.78 is 1.28. The molecule has 0 bridgehead atoms. The lowest BCUT2D eigenvalue weighted by Crippen LogP contribution is -1.96. The van der Waals surface area contributed by atoms with E-state index in [2.05, 4.69) is 63.8 Å². The van der Waals surface area contributed by atoms with E-state index in [0.717, 1.165) is 33.5 Å². The summed E-state index contributed by atoms with van der Waals surface area (Å²) in [5, 5.41) is 14.5. The molecule has 0 amide bonds. The molecule has 5 heteroatoms. The first-order valence-electron chi connectivity index (χ1n) is 9.27. The number of aromatic nitrogens is 2. The van der Waals surface area contributed by atoms with Crippen LogP contribution in [0.1, 0.15) is 5.56 Å². The van der Waals surface area contributed by atoms with Gasteiger partial charge in [-0.25, -0.2) is 9.97 Å². The van der Waals surface area contributed by atoms with Crippen molar-refractivity contribution in [2.24, 2.45) is 0 Å². The summed E-state index contributed by atoms with van der Waals surface area (Å²) in [6.45, 7) is 0. The normalized spacial score (nSPS) is 10.9. The Morgan fingerprint density at radius 1 is 0.931 bits per heavy atom. The predicted molar refractivity (Wildman–Crippen MR) is 119 cm³/mol. The van der Waals surface area contributed by atoms with E-state index in [-0.39, 0.29) is 0 Å². The fourth-order valence-electron chi connectivity index (χ4n) is 3.37. The Hall–Kier alpha value is -3.75. The van der Waals surface area contributed by atoms with Crippen LogP contribution in [0.4, 0.5) is 11.5 Å². The highest BCUT2D eigenvalue weighted by molar-refractivity contribution is 7.22. The molecule has 0 aliphatic rings. The molecule has 0 aliphatic carbocycles. The second-order valence-electron chi connectivity index (χ2n) is 6.76. The average molecular weight is 392 g/mol. The fourth-order valence-corrected chi connectivity index (χ4v) is 4.43. The third kappa shape index (κ3) is 3.42. The first-order valence-corrected chi connectivity index (χ1v) is 10.1. The standard InChI is InChI=1S/C24H16N4S/c25-12-11-16-5-8-19(9-6-16)28-24-20-13-18(7-10-21(20)26-15-27-24)23-14-17-3-1-2-4-22(17)29-23/h1-10,13-15H,11H2,(H,26,27,28). The number of hydrogen-bond donors (Lipinski definition) is 1. The molecule has 0 atom stereocenters. The molecule has 5 rings (SSSR count). The number of nitriles is 1. The van der Waals surface area contributed by atoms with Crippen LogP contribution in [0.15, 0.2) is 79.1 Å². The van der Waals surface area contributed by atoms with Gasteiger partial charge in [-0.15, -0.1) is 11.3 Å². The molecule has 4 nitrogen and oxygen atoms in total. The zero-order valence-corrected chi connectivity index (χ0v) is 16.3. The van der Waals surface area contributed by atoms with E-state index in [0.29, 0.717) is 6.42 Å². The van der Waals surface area contributed by atoms with Gasteiger partial charge in [-0.05, 0) is 52.9 Å². The van der Waals surface area contributed by atoms with Gasteiger partial charge >= 0.3 is 0 Å². The van der Waals surface area contributed by atoms with Gasteiger partial charge in [-0.2, -0.15) is 5.26 Å². The number of fused-ring (bicyclic) bond motifs is 2. The van der Waals surface area contributed by atoms with E-state index in [1.165, 1.54) is 15.0 Å². The zero-order valence-electron chi connectivity index (χ0n) is 15.5. The third-order valence-electron chi connectivity index (χ3n) is 4.85. The summed E-state index contributed by atoms with van der Waals surface area (Å²) in [6, 6.07) is 27.0. The number of hydrogen-bond acceptors (Lipinski definition) is 5. The molecular formula is C24H16N4S. The van der Waals surface area contributed by atoms with Crippen molar-refractivity contribution >= 4 is 43.8 Å². The van der Waals surface area contributed by atoms with E-state index in [9.17, 15) is 0 Å². The van der Waals surface area contributed by atoms with Gasteiger partial charge in [0.25, 0.3) is 0 Å². The molecule has 0 saturated carbocycles. The van der Waals surface area contributed by atoms with Crippen LogP contribution in [0, 0.1) is 11.3 Å². The molecular weight excluding hydrogens is 376 g/mol. The fraction of sp³-hybridized carbons (Fsp3) is 0.0417. The summed E-state index contributed by atoms with van der Waals surface area (Å²) >= 11 is 1.79. The summed E-state index contributed by atoms with van der Waals surface area (Å²) in [5.41, 5.74) is 3.98. The van der Waals surface area contributed by atoms with Crippen LogP contribution in [-0.4, -0.2) is 9.97 Å². The largest absolute Gasteiger partial charge is 0.340 e. The second kappa shape index (κ2) is 7.34. The lowest BCUT2D eigenvalue weighted by atomic mass is 10.1. The SMILES string of the molecule is N#CCc1ccc(Nc2ncnc3ccc(-c4cc5ccccc5s4)cc23)cc1. The van der Waals surface area contributed by atoms with E-state index in [1.54, 1.807) is 17.7 Å². The van der Waals surface area contributed by atoms with Crippen LogP contribution in [0.3, 0.4) is 0 Å². The van der Waals surface area contributed by atoms with Crippen LogP contribution in [-0.2, 0) is 6.42 Å². The Labute approximate surface area is 172 Å². The highest BCUT2D eigenvalue weighted by Crippen LogP contribution is 2.35. The van der Waals surface area contributed by atoms with Gasteiger partial charge in [-0.3, -0.25) is 0 Å². The van der Waals surface area contributed by atoms with Gasteiger partial charge < -0.3 is 5.32 Å². The van der Waals surface area contributed by atoms with Crippen molar-refractivity contribution in [3.8, 4) is 16.5 Å². The highest BCUT2D eigenvalue weighted by Gasteiger charge is 2.09. The van der Waals surface area contributed by atoms with Crippen molar-refractivity contribution in [3.05, 3.63) is 84.7 Å². The number of anilines is 2. The summed E-state index contributed by atoms with van der Waals surface area (Å²) in [7, 11) is 0. The van der Waals surface area contributed by atoms with Crippen molar-refractivity contribution in [3.63, 3.8) is 0 Å². The molecule has 5 aromatic rings. The van der Waals surface area contributed by atoms with Gasteiger partial charge in [0.1, 0.15) is 12.1 Å². The molecule has 0 radical (unpaired) electrons. The first kappa shape index (κ1) is 17.4. The van der Waals surface area contributed by atoms with Crippen LogP contribution < -0.4 is 5.32 Å². The summed E-state index contributed by atoms with van der Waals surface area (Å²) in [4.78, 5) is 10.1. The molecule has 0 fully saturated rings. The highest BCUT2D eigenvalue weighted by atomic mass is 32.1. The third-order valence-corrected chi connectivity index (χ3v) is 6.01. The van der Waals surface area contributed by atoms with Crippen LogP contribution >= 0.6 is 11.3 Å².